The van der Waals surface area contributed by atoms with Crippen molar-refractivity contribution >= 4 is 11.6 Å². The molecule has 120 valence electrons. The second-order valence-electron chi connectivity index (χ2n) is 5.90. The van der Waals surface area contributed by atoms with Gasteiger partial charge in [0.2, 0.25) is 0 Å². The molecule has 0 spiro atoms. The molecule has 22 heavy (non-hydrogen) atoms. The van der Waals surface area contributed by atoms with Crippen molar-refractivity contribution in [2.45, 2.75) is 0 Å². The highest BCUT2D eigenvalue weighted by Gasteiger charge is 2.23. The third-order valence-corrected chi connectivity index (χ3v) is 4.38. The Balaban J connectivity index is 1.72. The molecular weight excluding hydrogens is 282 g/mol. The lowest BCUT2D eigenvalue weighted by molar-refractivity contribution is 0.0661. The Morgan fingerprint density at radius 3 is 2.41 bits per heavy atom. The third-order valence-electron chi connectivity index (χ3n) is 4.38. The van der Waals surface area contributed by atoms with Gasteiger partial charge in [-0.25, -0.2) is 0 Å². The van der Waals surface area contributed by atoms with Crippen LogP contribution in [0.5, 0.6) is 5.75 Å². The van der Waals surface area contributed by atoms with E-state index in [4.69, 9.17) is 4.74 Å². The van der Waals surface area contributed by atoms with Crippen LogP contribution in [0, 0.1) is 0 Å². The summed E-state index contributed by atoms with van der Waals surface area (Å²) in [7, 11) is 2.05. The molecule has 1 aromatic carbocycles. The van der Waals surface area contributed by atoms with Gasteiger partial charge in [0.25, 0.3) is 5.91 Å². The predicted octanol–water partition coefficient (Wildman–Crippen LogP) is 0.616. The van der Waals surface area contributed by atoms with Gasteiger partial charge in [-0.05, 0) is 19.2 Å². The van der Waals surface area contributed by atoms with Gasteiger partial charge in [-0.1, -0.05) is 0 Å². The lowest BCUT2D eigenvalue weighted by Crippen LogP contribution is -2.47. The lowest BCUT2D eigenvalue weighted by Gasteiger charge is -2.33. The number of piperazine rings is 1. The van der Waals surface area contributed by atoms with Gasteiger partial charge in [-0.3, -0.25) is 4.79 Å². The smallest absolute Gasteiger partial charge is 0.257 e. The van der Waals surface area contributed by atoms with Gasteiger partial charge in [0, 0.05) is 51.0 Å². The standard InChI is InChI=1S/C16H23N3O3/c1-17-4-6-19(7-5-17)16(21)14-3-2-13(12-15(14)20)18-8-10-22-11-9-18/h2-3,12,20H,4-11H2,1H3. The SMILES string of the molecule is CN1CCN(C(=O)c2ccc(N3CCOCC3)cc2O)CC1. The first-order chi connectivity index (χ1) is 10.6. The summed E-state index contributed by atoms with van der Waals surface area (Å²) >= 11 is 0. The molecule has 2 heterocycles. The van der Waals surface area contributed by atoms with Crippen LogP contribution < -0.4 is 4.90 Å². The van der Waals surface area contributed by atoms with E-state index in [1.54, 1.807) is 12.1 Å². The summed E-state index contributed by atoms with van der Waals surface area (Å²) in [6.45, 7) is 6.18. The van der Waals surface area contributed by atoms with E-state index in [1.807, 2.05) is 11.0 Å². The van der Waals surface area contributed by atoms with Gasteiger partial charge >= 0.3 is 0 Å². The zero-order valence-electron chi connectivity index (χ0n) is 13.0. The van der Waals surface area contributed by atoms with Crippen LogP contribution >= 0.6 is 0 Å². The van der Waals surface area contributed by atoms with Crippen LogP contribution in [0.4, 0.5) is 5.69 Å². The minimum absolute atomic E-state index is 0.0629. The molecule has 0 aliphatic carbocycles. The van der Waals surface area contributed by atoms with Crippen molar-refractivity contribution in [1.82, 2.24) is 9.80 Å². The lowest BCUT2D eigenvalue weighted by atomic mass is 10.1. The number of hydrogen-bond donors (Lipinski definition) is 1. The molecule has 3 rings (SSSR count). The summed E-state index contributed by atoms with van der Waals surface area (Å²) in [5.74, 6) is -0.0213. The molecule has 0 saturated carbocycles. The summed E-state index contributed by atoms with van der Waals surface area (Å²) in [6, 6.07) is 5.34. The molecular formula is C16H23N3O3. The highest BCUT2D eigenvalue weighted by molar-refractivity contribution is 5.97. The van der Waals surface area contributed by atoms with Gasteiger partial charge in [0.15, 0.2) is 0 Å². The number of phenolic OH excluding ortho intramolecular Hbond substituents is 1. The molecule has 2 aliphatic heterocycles. The third kappa shape index (κ3) is 3.18. The monoisotopic (exact) mass is 305 g/mol. The highest BCUT2D eigenvalue weighted by atomic mass is 16.5. The van der Waals surface area contributed by atoms with E-state index in [0.29, 0.717) is 31.9 Å². The fourth-order valence-corrected chi connectivity index (χ4v) is 2.90. The van der Waals surface area contributed by atoms with E-state index in [-0.39, 0.29) is 11.7 Å². The minimum Gasteiger partial charge on any atom is -0.507 e. The van der Waals surface area contributed by atoms with Crippen molar-refractivity contribution in [3.63, 3.8) is 0 Å². The van der Waals surface area contributed by atoms with Gasteiger partial charge in [-0.2, -0.15) is 0 Å². The molecule has 0 atom stereocenters. The topological polar surface area (TPSA) is 56.2 Å². The van der Waals surface area contributed by atoms with Crippen LogP contribution in [0.25, 0.3) is 0 Å². The maximum atomic E-state index is 12.5. The second-order valence-corrected chi connectivity index (χ2v) is 5.90. The maximum absolute atomic E-state index is 12.5. The number of hydrogen-bond acceptors (Lipinski definition) is 5. The Labute approximate surface area is 130 Å². The number of carbonyl (C=O) groups is 1. The molecule has 1 amide bonds. The molecule has 1 N–H and O–H groups in total. The van der Waals surface area contributed by atoms with Crippen LogP contribution in [0.2, 0.25) is 0 Å². The molecule has 2 saturated heterocycles. The van der Waals surface area contributed by atoms with Gasteiger partial charge < -0.3 is 24.5 Å². The highest BCUT2D eigenvalue weighted by Crippen LogP contribution is 2.26. The van der Waals surface area contributed by atoms with Crippen molar-refractivity contribution in [1.29, 1.82) is 0 Å². The van der Waals surface area contributed by atoms with Gasteiger partial charge in [0.05, 0.1) is 18.8 Å². The summed E-state index contributed by atoms with van der Waals surface area (Å²) < 4.78 is 5.33. The first-order valence-corrected chi connectivity index (χ1v) is 7.78. The summed E-state index contributed by atoms with van der Waals surface area (Å²) in [4.78, 5) is 18.7. The van der Waals surface area contributed by atoms with E-state index in [2.05, 4.69) is 16.8 Å². The summed E-state index contributed by atoms with van der Waals surface area (Å²) in [5, 5.41) is 10.3. The van der Waals surface area contributed by atoms with E-state index in [9.17, 15) is 9.90 Å². The number of carbonyl (C=O) groups excluding carboxylic acids is 1. The molecule has 2 aliphatic rings. The maximum Gasteiger partial charge on any atom is 0.257 e. The first-order valence-electron chi connectivity index (χ1n) is 7.78. The number of ether oxygens (including phenoxy) is 1. The molecule has 2 fully saturated rings. The molecule has 0 radical (unpaired) electrons. The zero-order chi connectivity index (χ0) is 15.5. The number of amides is 1. The van der Waals surface area contributed by atoms with Crippen LogP contribution in [0.15, 0.2) is 18.2 Å². The first kappa shape index (κ1) is 15.1. The predicted molar refractivity (Wildman–Crippen MR) is 84.5 cm³/mol. The van der Waals surface area contributed by atoms with E-state index < -0.39 is 0 Å². The van der Waals surface area contributed by atoms with Crippen molar-refractivity contribution in [3.8, 4) is 5.75 Å². The minimum atomic E-state index is -0.0841. The largest absolute Gasteiger partial charge is 0.507 e. The molecule has 6 nitrogen and oxygen atoms in total. The zero-order valence-corrected chi connectivity index (χ0v) is 13.0. The molecule has 6 heteroatoms. The number of nitrogens with zero attached hydrogens (tertiary/aromatic N) is 3. The van der Waals surface area contributed by atoms with Gasteiger partial charge in [-0.15, -0.1) is 0 Å². The van der Waals surface area contributed by atoms with Crippen LogP contribution in [-0.4, -0.2) is 80.3 Å². The molecule has 1 aromatic rings. The van der Waals surface area contributed by atoms with Crippen molar-refractivity contribution in [2.24, 2.45) is 0 Å². The van der Waals surface area contributed by atoms with E-state index >= 15 is 0 Å². The van der Waals surface area contributed by atoms with Crippen molar-refractivity contribution in [2.75, 3.05) is 64.4 Å². The van der Waals surface area contributed by atoms with E-state index in [0.717, 1.165) is 31.9 Å². The quantitative estimate of drug-likeness (QED) is 0.868. The Kier molecular flexibility index (Phi) is 4.49. The second kappa shape index (κ2) is 6.54. The summed E-state index contributed by atoms with van der Waals surface area (Å²) in [5.41, 5.74) is 1.33. The van der Waals surface area contributed by atoms with Crippen LogP contribution in [0.3, 0.4) is 0 Å². The molecule has 0 bridgehead atoms. The number of anilines is 1. The number of phenols is 1. The van der Waals surface area contributed by atoms with Crippen LogP contribution in [0.1, 0.15) is 10.4 Å². The number of likely N-dealkylation sites (N-methyl/N-ethyl adjacent to an activating group) is 1. The van der Waals surface area contributed by atoms with Crippen molar-refractivity contribution < 1.29 is 14.6 Å². The number of morpholine rings is 1. The molecule has 0 aromatic heterocycles. The number of benzene rings is 1. The number of rotatable bonds is 2. The Hall–Kier alpha value is -1.79. The van der Waals surface area contributed by atoms with E-state index in [1.165, 1.54) is 0 Å². The average Bonchev–Trinajstić information content (AvgIpc) is 2.56. The fraction of sp³-hybridized carbons (Fsp3) is 0.562. The van der Waals surface area contributed by atoms with Crippen molar-refractivity contribution in [3.05, 3.63) is 23.8 Å². The summed E-state index contributed by atoms with van der Waals surface area (Å²) in [6.07, 6.45) is 0. The van der Waals surface area contributed by atoms with Gasteiger partial charge in [0.1, 0.15) is 5.75 Å². The van der Waals surface area contributed by atoms with Crippen LogP contribution in [-0.2, 0) is 4.74 Å². The number of aromatic hydroxyl groups is 1. The normalized spacial score (nSPS) is 20.2. The molecule has 0 unspecified atom stereocenters. The Morgan fingerprint density at radius 2 is 1.77 bits per heavy atom. The Bertz CT molecular complexity index is 535. The Morgan fingerprint density at radius 1 is 1.09 bits per heavy atom. The average molecular weight is 305 g/mol. The fourth-order valence-electron chi connectivity index (χ4n) is 2.90.